The van der Waals surface area contributed by atoms with E-state index in [1.165, 1.54) is 5.56 Å². The Balaban J connectivity index is 1.58. The summed E-state index contributed by atoms with van der Waals surface area (Å²) < 4.78 is 5.96. The lowest BCUT2D eigenvalue weighted by atomic mass is 9.99. The summed E-state index contributed by atoms with van der Waals surface area (Å²) in [6.45, 7) is 4.09. The van der Waals surface area contributed by atoms with Crippen LogP contribution in [0.25, 0.3) is 22.2 Å². The largest absolute Gasteiger partial charge is 0.445 e. The van der Waals surface area contributed by atoms with Crippen LogP contribution < -0.4 is 0 Å². The van der Waals surface area contributed by atoms with Gasteiger partial charge in [0.25, 0.3) is 0 Å². The van der Waals surface area contributed by atoms with E-state index in [1.807, 2.05) is 49.4 Å². The fraction of sp³-hybridized carbons (Fsp3) is 0.0938. The zero-order chi connectivity index (χ0) is 25.9. The molecule has 0 aliphatic carbocycles. The molecule has 1 heterocycles. The number of aryl methyl sites for hydroxylation is 2. The van der Waals surface area contributed by atoms with Gasteiger partial charge in [-0.05, 0) is 55.3 Å². The smallest absolute Gasteiger partial charge is 0.339 e. The molecular weight excluding hydrogens is 482 g/mol. The topological polar surface area (TPSA) is 56.3 Å². The third-order valence-corrected chi connectivity index (χ3v) is 6.68. The summed E-state index contributed by atoms with van der Waals surface area (Å²) in [6.07, 6.45) is -1.14. The minimum Gasteiger partial charge on any atom is -0.445 e. The molecule has 0 saturated carbocycles. The van der Waals surface area contributed by atoms with E-state index in [0.29, 0.717) is 38.3 Å². The van der Waals surface area contributed by atoms with Gasteiger partial charge in [0.2, 0.25) is 5.78 Å². The molecule has 5 aromatic rings. The highest BCUT2D eigenvalue weighted by atomic mass is 35.5. The molecule has 0 spiro atoms. The molecule has 0 saturated heterocycles. The number of carbonyl (C=O) groups excluding carboxylic acids is 2. The monoisotopic (exact) mass is 505 g/mol. The number of aromatic nitrogens is 1. The van der Waals surface area contributed by atoms with Gasteiger partial charge < -0.3 is 4.74 Å². The molecule has 182 valence electrons. The molecule has 0 radical (unpaired) electrons. The Morgan fingerprint density at radius 3 is 2.22 bits per heavy atom. The molecule has 5 rings (SSSR count). The van der Waals surface area contributed by atoms with Crippen molar-refractivity contribution in [2.75, 3.05) is 0 Å². The number of esters is 1. The van der Waals surface area contributed by atoms with Crippen molar-refractivity contribution in [3.8, 4) is 11.3 Å². The number of rotatable bonds is 6. The molecule has 0 bridgehead atoms. The van der Waals surface area contributed by atoms with Crippen molar-refractivity contribution in [2.45, 2.75) is 20.0 Å². The summed E-state index contributed by atoms with van der Waals surface area (Å²) in [5, 5.41) is 1.18. The maximum Gasteiger partial charge on any atom is 0.339 e. The van der Waals surface area contributed by atoms with Crippen molar-refractivity contribution >= 4 is 34.3 Å². The molecular formula is C32H24ClNO3. The van der Waals surface area contributed by atoms with E-state index in [2.05, 4.69) is 13.0 Å². The Labute approximate surface area is 220 Å². The highest BCUT2D eigenvalue weighted by molar-refractivity contribution is 6.30. The number of Topliss-reactive ketones (excluding diaryl/α,β-unsaturated/α-hetero) is 1. The third-order valence-electron chi connectivity index (χ3n) is 6.43. The first-order chi connectivity index (χ1) is 17.9. The number of para-hydroxylation sites is 1. The summed E-state index contributed by atoms with van der Waals surface area (Å²) >= 11 is 6.08. The summed E-state index contributed by atoms with van der Waals surface area (Å²) in [4.78, 5) is 32.0. The Morgan fingerprint density at radius 1 is 0.784 bits per heavy atom. The fourth-order valence-electron chi connectivity index (χ4n) is 4.23. The van der Waals surface area contributed by atoms with E-state index in [1.54, 1.807) is 54.6 Å². The Bertz CT molecular complexity index is 1610. The van der Waals surface area contributed by atoms with Crippen LogP contribution in [-0.2, 0) is 4.74 Å². The van der Waals surface area contributed by atoms with Gasteiger partial charge in [0.05, 0.1) is 16.8 Å². The summed E-state index contributed by atoms with van der Waals surface area (Å²) in [5.41, 5.74) is 5.87. The minimum atomic E-state index is -1.14. The number of ketones is 1. The SMILES string of the molecule is Cc1ccc(-c2cc(C(=O)O[C@H](C(=O)c3ccccc3)c3ccc(Cl)cc3)c3ccccc3n2)cc1C. The second kappa shape index (κ2) is 10.4. The molecule has 0 aliphatic rings. The number of ether oxygens (including phenoxy) is 1. The first kappa shape index (κ1) is 24.4. The normalized spacial score (nSPS) is 11.8. The van der Waals surface area contributed by atoms with Crippen molar-refractivity contribution in [2.24, 2.45) is 0 Å². The lowest BCUT2D eigenvalue weighted by Gasteiger charge is -2.19. The van der Waals surface area contributed by atoms with E-state index in [4.69, 9.17) is 21.3 Å². The molecule has 1 atom stereocenters. The number of pyridine rings is 1. The first-order valence-corrected chi connectivity index (χ1v) is 12.3. The van der Waals surface area contributed by atoms with Crippen molar-refractivity contribution in [3.05, 3.63) is 136 Å². The maximum absolute atomic E-state index is 13.7. The van der Waals surface area contributed by atoms with E-state index in [9.17, 15) is 9.59 Å². The van der Waals surface area contributed by atoms with Gasteiger partial charge in [-0.2, -0.15) is 0 Å². The van der Waals surface area contributed by atoms with Gasteiger partial charge in [-0.15, -0.1) is 0 Å². The number of nitrogens with zero attached hydrogens (tertiary/aromatic N) is 1. The molecule has 4 nitrogen and oxygen atoms in total. The van der Waals surface area contributed by atoms with Gasteiger partial charge >= 0.3 is 5.97 Å². The van der Waals surface area contributed by atoms with Gasteiger partial charge in [0.15, 0.2) is 6.10 Å². The zero-order valence-electron chi connectivity index (χ0n) is 20.4. The molecule has 5 heteroatoms. The first-order valence-electron chi connectivity index (χ1n) is 11.9. The Morgan fingerprint density at radius 2 is 1.49 bits per heavy atom. The highest BCUT2D eigenvalue weighted by Crippen LogP contribution is 2.30. The van der Waals surface area contributed by atoms with Gasteiger partial charge in [-0.1, -0.05) is 84.4 Å². The van der Waals surface area contributed by atoms with E-state index >= 15 is 0 Å². The lowest BCUT2D eigenvalue weighted by molar-refractivity contribution is 0.0282. The third kappa shape index (κ3) is 5.16. The van der Waals surface area contributed by atoms with Crippen molar-refractivity contribution in [3.63, 3.8) is 0 Å². The molecule has 0 fully saturated rings. The van der Waals surface area contributed by atoms with Crippen LogP contribution in [0.4, 0.5) is 0 Å². The fourth-order valence-corrected chi connectivity index (χ4v) is 4.35. The van der Waals surface area contributed by atoms with Crippen LogP contribution >= 0.6 is 11.6 Å². The van der Waals surface area contributed by atoms with E-state index in [-0.39, 0.29) is 5.78 Å². The number of hydrogen-bond donors (Lipinski definition) is 0. The summed E-state index contributed by atoms with van der Waals surface area (Å²) in [6, 6.07) is 30.8. The number of benzene rings is 4. The maximum atomic E-state index is 13.7. The Hall–Kier alpha value is -4.28. The van der Waals surface area contributed by atoms with Crippen LogP contribution in [0.3, 0.4) is 0 Å². The number of hydrogen-bond acceptors (Lipinski definition) is 4. The Kier molecular flexibility index (Phi) is 6.85. The second-order valence-electron chi connectivity index (χ2n) is 8.94. The van der Waals surface area contributed by atoms with Crippen molar-refractivity contribution < 1.29 is 14.3 Å². The summed E-state index contributed by atoms with van der Waals surface area (Å²) in [5.74, 6) is -0.920. The van der Waals surface area contributed by atoms with Crippen molar-refractivity contribution in [1.29, 1.82) is 0 Å². The molecule has 0 unspecified atom stereocenters. The molecule has 37 heavy (non-hydrogen) atoms. The second-order valence-corrected chi connectivity index (χ2v) is 9.37. The minimum absolute atomic E-state index is 0.316. The van der Waals surface area contributed by atoms with Gasteiger partial charge in [-0.3, -0.25) is 4.79 Å². The number of carbonyl (C=O) groups is 2. The van der Waals surface area contributed by atoms with Crippen molar-refractivity contribution in [1.82, 2.24) is 4.98 Å². The molecule has 0 N–H and O–H groups in total. The average molecular weight is 506 g/mol. The van der Waals surface area contributed by atoms with Gasteiger partial charge in [-0.25, -0.2) is 9.78 Å². The van der Waals surface area contributed by atoms with Gasteiger partial charge in [0.1, 0.15) is 0 Å². The highest BCUT2D eigenvalue weighted by Gasteiger charge is 2.28. The van der Waals surface area contributed by atoms with E-state index < -0.39 is 12.1 Å². The molecule has 1 aromatic heterocycles. The molecule has 0 aliphatic heterocycles. The quantitative estimate of drug-likeness (QED) is 0.173. The van der Waals surface area contributed by atoms with Crippen LogP contribution in [0.1, 0.15) is 43.5 Å². The predicted molar refractivity (Wildman–Crippen MR) is 147 cm³/mol. The number of halogens is 1. The zero-order valence-corrected chi connectivity index (χ0v) is 21.2. The van der Waals surface area contributed by atoms with Crippen LogP contribution in [0.5, 0.6) is 0 Å². The van der Waals surface area contributed by atoms with E-state index in [0.717, 1.165) is 11.1 Å². The predicted octanol–water partition coefficient (Wildman–Crippen LogP) is 7.95. The van der Waals surface area contributed by atoms with Crippen LogP contribution in [0, 0.1) is 13.8 Å². The van der Waals surface area contributed by atoms with Crippen LogP contribution in [-0.4, -0.2) is 16.7 Å². The average Bonchev–Trinajstić information content (AvgIpc) is 2.93. The molecule has 0 amide bonds. The standard InChI is InChI=1S/C32H24ClNO3/c1-20-12-13-24(18-21(20)2)29-19-27(26-10-6-7-11-28(26)34-29)32(36)37-31(23-14-16-25(33)17-15-23)30(35)22-8-4-3-5-9-22/h3-19,31H,1-2H3/t31-/m0/s1. The lowest BCUT2D eigenvalue weighted by Crippen LogP contribution is -2.20. The van der Waals surface area contributed by atoms with Crippen LogP contribution in [0.2, 0.25) is 5.02 Å². The number of fused-ring (bicyclic) bond motifs is 1. The molecule has 4 aromatic carbocycles. The summed E-state index contributed by atoms with van der Waals surface area (Å²) in [7, 11) is 0. The van der Waals surface area contributed by atoms with Gasteiger partial charge in [0, 0.05) is 27.1 Å². The van der Waals surface area contributed by atoms with Crippen LogP contribution in [0.15, 0.2) is 103 Å².